The van der Waals surface area contributed by atoms with Crippen LogP contribution in [0, 0.1) is 0 Å². The maximum Gasteiger partial charge on any atom is 0.417 e. The summed E-state index contributed by atoms with van der Waals surface area (Å²) >= 11 is 0. The first-order chi connectivity index (χ1) is 16.2. The number of aliphatic carboxylic acids is 1. The molecular weight excluding hydrogens is 445 g/mol. The van der Waals surface area contributed by atoms with Crippen LogP contribution in [0.3, 0.4) is 0 Å². The molecule has 0 saturated heterocycles. The van der Waals surface area contributed by atoms with Crippen LogP contribution < -0.4 is 5.32 Å². The maximum absolute atomic E-state index is 13.7. The van der Waals surface area contributed by atoms with E-state index in [-0.39, 0.29) is 18.6 Å². The Bertz CT molecular complexity index is 1130. The highest BCUT2D eigenvalue weighted by Gasteiger charge is 2.34. The number of carboxylic acids is 1. The number of benzene rings is 3. The topological polar surface area (TPSA) is 70.9 Å². The first-order valence-electron chi connectivity index (χ1n) is 10.7. The predicted octanol–water partition coefficient (Wildman–Crippen LogP) is 5.88. The summed E-state index contributed by atoms with van der Waals surface area (Å²) in [5.74, 6) is -0.851. The molecule has 0 fully saturated rings. The van der Waals surface area contributed by atoms with Crippen molar-refractivity contribution in [2.45, 2.75) is 32.7 Å². The quantitative estimate of drug-likeness (QED) is 0.221. The highest BCUT2D eigenvalue weighted by molar-refractivity contribution is 5.98. The zero-order valence-electron chi connectivity index (χ0n) is 18.6. The summed E-state index contributed by atoms with van der Waals surface area (Å²) in [6.45, 7) is 2.58. The number of carbonyl (C=O) groups is 1. The molecule has 0 spiro atoms. The molecule has 0 aromatic heterocycles. The molecule has 34 heavy (non-hydrogen) atoms. The molecule has 0 atom stereocenters. The van der Waals surface area contributed by atoms with E-state index in [1.54, 1.807) is 43.3 Å². The van der Waals surface area contributed by atoms with E-state index in [9.17, 15) is 18.0 Å². The Kier molecular flexibility index (Phi) is 8.43. The molecule has 3 rings (SSSR count). The van der Waals surface area contributed by atoms with Crippen LogP contribution in [0.1, 0.15) is 35.6 Å². The number of nitrogens with zero attached hydrogens (tertiary/aromatic N) is 1. The summed E-state index contributed by atoms with van der Waals surface area (Å²) in [4.78, 5) is 15.9. The number of alkyl halides is 3. The van der Waals surface area contributed by atoms with E-state index in [1.165, 1.54) is 6.07 Å². The largest absolute Gasteiger partial charge is 0.481 e. The van der Waals surface area contributed by atoms with Gasteiger partial charge in [-0.05, 0) is 40.8 Å². The average molecular weight is 470 g/mol. The predicted molar refractivity (Wildman–Crippen MR) is 124 cm³/mol. The van der Waals surface area contributed by atoms with E-state index in [2.05, 4.69) is 10.5 Å². The van der Waals surface area contributed by atoms with Crippen LogP contribution in [0.25, 0.3) is 11.1 Å². The first kappa shape index (κ1) is 25.0. The van der Waals surface area contributed by atoms with Gasteiger partial charge < -0.3 is 15.3 Å². The van der Waals surface area contributed by atoms with Gasteiger partial charge in [-0.2, -0.15) is 13.2 Å². The van der Waals surface area contributed by atoms with E-state index in [0.717, 1.165) is 17.2 Å². The lowest BCUT2D eigenvalue weighted by molar-refractivity contribution is -0.138. The third-order valence-corrected chi connectivity index (χ3v) is 5.12. The second-order valence-electron chi connectivity index (χ2n) is 7.71. The molecule has 0 amide bonds. The molecule has 3 aromatic rings. The fourth-order valence-electron chi connectivity index (χ4n) is 3.33. The molecule has 0 radical (unpaired) electrons. The van der Waals surface area contributed by atoms with Gasteiger partial charge in [0.15, 0.2) is 0 Å². The van der Waals surface area contributed by atoms with Crippen molar-refractivity contribution in [2.24, 2.45) is 5.16 Å². The molecule has 0 aliphatic carbocycles. The molecule has 0 bridgehead atoms. The lowest BCUT2D eigenvalue weighted by Gasteiger charge is -2.14. The molecule has 178 valence electrons. The Hall–Kier alpha value is -3.65. The standard InChI is InChI=1S/C26H25F3N2O3/c1-18(21-10-7-19(8-11-21)16-30-14-13-25(32)33)31-34-17-20-9-12-23(22-5-3-2-4-6-22)24(15-20)26(27,28)29/h2-12,15,30H,13-14,16-17H2,1H3,(H,32,33)/b31-18+. The molecule has 3 aromatic carbocycles. The van der Waals surface area contributed by atoms with Crippen molar-refractivity contribution < 1.29 is 27.9 Å². The molecule has 0 aliphatic heterocycles. The number of hydrogen-bond donors (Lipinski definition) is 2. The molecule has 8 heteroatoms. The summed E-state index contributed by atoms with van der Waals surface area (Å²) in [5, 5.41) is 15.7. The van der Waals surface area contributed by atoms with Crippen LogP contribution in [-0.4, -0.2) is 23.3 Å². The smallest absolute Gasteiger partial charge is 0.417 e. The third-order valence-electron chi connectivity index (χ3n) is 5.12. The third kappa shape index (κ3) is 7.18. The lowest BCUT2D eigenvalue weighted by atomic mass is 9.97. The van der Waals surface area contributed by atoms with Gasteiger partial charge in [0.1, 0.15) is 6.61 Å². The Morgan fingerprint density at radius 1 is 1.00 bits per heavy atom. The van der Waals surface area contributed by atoms with Gasteiger partial charge in [0.25, 0.3) is 0 Å². The normalized spacial score (nSPS) is 11.9. The van der Waals surface area contributed by atoms with Crippen molar-refractivity contribution in [1.82, 2.24) is 5.32 Å². The lowest BCUT2D eigenvalue weighted by Crippen LogP contribution is -2.17. The van der Waals surface area contributed by atoms with E-state index < -0.39 is 17.7 Å². The van der Waals surface area contributed by atoms with Crippen molar-refractivity contribution in [1.29, 1.82) is 0 Å². The van der Waals surface area contributed by atoms with Crippen LogP contribution in [-0.2, 0) is 29.0 Å². The fraction of sp³-hybridized carbons (Fsp3) is 0.231. The number of nitrogens with one attached hydrogen (secondary N) is 1. The number of oxime groups is 1. The first-order valence-corrected chi connectivity index (χ1v) is 10.7. The summed E-state index contributed by atoms with van der Waals surface area (Å²) in [6.07, 6.45) is -4.44. The number of halogens is 3. The monoisotopic (exact) mass is 470 g/mol. The molecule has 0 heterocycles. The average Bonchev–Trinajstić information content (AvgIpc) is 2.82. The Labute approximate surface area is 195 Å². The van der Waals surface area contributed by atoms with Crippen molar-refractivity contribution in [2.75, 3.05) is 6.54 Å². The van der Waals surface area contributed by atoms with Gasteiger partial charge in [-0.25, -0.2) is 0 Å². The van der Waals surface area contributed by atoms with Crippen LogP contribution in [0.2, 0.25) is 0 Å². The summed E-state index contributed by atoms with van der Waals surface area (Å²) < 4.78 is 41.0. The van der Waals surface area contributed by atoms with Crippen LogP contribution in [0.5, 0.6) is 0 Å². The molecule has 0 unspecified atom stereocenters. The molecular formula is C26H25F3N2O3. The molecule has 0 aliphatic rings. The summed E-state index contributed by atoms with van der Waals surface area (Å²) in [5.41, 5.74) is 2.65. The van der Waals surface area contributed by atoms with Crippen molar-refractivity contribution in [3.8, 4) is 11.1 Å². The Morgan fingerprint density at radius 3 is 2.32 bits per heavy atom. The van der Waals surface area contributed by atoms with Gasteiger partial charge >= 0.3 is 12.1 Å². The Morgan fingerprint density at radius 2 is 1.68 bits per heavy atom. The van der Waals surface area contributed by atoms with Crippen molar-refractivity contribution >= 4 is 11.7 Å². The minimum absolute atomic E-state index is 0.0562. The van der Waals surface area contributed by atoms with Gasteiger partial charge in [-0.1, -0.05) is 71.9 Å². The van der Waals surface area contributed by atoms with Gasteiger partial charge in [0, 0.05) is 13.1 Å². The zero-order chi connectivity index (χ0) is 24.6. The summed E-state index contributed by atoms with van der Waals surface area (Å²) in [7, 11) is 0. The van der Waals surface area contributed by atoms with Crippen LogP contribution in [0.15, 0.2) is 78.0 Å². The van der Waals surface area contributed by atoms with E-state index in [0.29, 0.717) is 29.9 Å². The Balaban J connectivity index is 1.62. The number of carboxylic acid groups (broad SMARTS) is 1. The second-order valence-corrected chi connectivity index (χ2v) is 7.71. The van der Waals surface area contributed by atoms with Gasteiger partial charge in [0.05, 0.1) is 17.7 Å². The zero-order valence-corrected chi connectivity index (χ0v) is 18.6. The van der Waals surface area contributed by atoms with Gasteiger partial charge in [-0.15, -0.1) is 0 Å². The second kappa shape index (κ2) is 11.5. The molecule has 2 N–H and O–H groups in total. The highest BCUT2D eigenvalue weighted by Crippen LogP contribution is 2.37. The highest BCUT2D eigenvalue weighted by atomic mass is 19.4. The van der Waals surface area contributed by atoms with E-state index in [4.69, 9.17) is 9.94 Å². The number of rotatable bonds is 10. The van der Waals surface area contributed by atoms with E-state index in [1.807, 2.05) is 24.3 Å². The fourth-order valence-corrected chi connectivity index (χ4v) is 3.33. The van der Waals surface area contributed by atoms with Gasteiger partial charge in [-0.3, -0.25) is 4.79 Å². The van der Waals surface area contributed by atoms with Crippen molar-refractivity contribution in [3.05, 3.63) is 95.1 Å². The minimum Gasteiger partial charge on any atom is -0.481 e. The van der Waals surface area contributed by atoms with Crippen molar-refractivity contribution in [3.63, 3.8) is 0 Å². The summed E-state index contributed by atoms with van der Waals surface area (Å²) in [6, 6.07) is 20.1. The maximum atomic E-state index is 13.7. The van der Waals surface area contributed by atoms with Crippen LogP contribution in [0.4, 0.5) is 13.2 Å². The molecule has 5 nitrogen and oxygen atoms in total. The number of hydrogen-bond acceptors (Lipinski definition) is 4. The van der Waals surface area contributed by atoms with E-state index >= 15 is 0 Å². The van der Waals surface area contributed by atoms with Crippen LogP contribution >= 0.6 is 0 Å². The van der Waals surface area contributed by atoms with Gasteiger partial charge in [0.2, 0.25) is 0 Å². The molecule has 0 saturated carbocycles. The SMILES string of the molecule is C/C(=N\OCc1ccc(-c2ccccc2)c(C(F)(F)F)c1)c1ccc(CNCCC(=O)O)cc1. The minimum atomic E-state index is -4.50.